The summed E-state index contributed by atoms with van der Waals surface area (Å²) in [6, 6.07) is 34.3. The zero-order valence-corrected chi connectivity index (χ0v) is 25.4. The zero-order valence-electron chi connectivity index (χ0n) is 25.4. The molecular formula is C37H39N3O4. The number of nitrogens with zero attached hydrogens (tertiary/aromatic N) is 1. The van der Waals surface area contributed by atoms with Crippen molar-refractivity contribution in [3.63, 3.8) is 0 Å². The standard InChI is InChI=1S/C37H39N3O4/c1-37(2,3)44-36(43)39-24-27-12-14-30(15-13-27)31-16-18-32(19-17-31)35(42)40-34(22-26-8-5-4-6-9-26)33(25-41)21-28-10-7-11-29(20-28)23-38/h4-20,33-34,41H,21-22,24-25H2,1-3H3,(H,39,43)(H,40,42). The van der Waals surface area contributed by atoms with Gasteiger partial charge in [0.25, 0.3) is 5.91 Å². The van der Waals surface area contributed by atoms with Crippen molar-refractivity contribution in [2.75, 3.05) is 6.61 Å². The highest BCUT2D eigenvalue weighted by molar-refractivity contribution is 5.95. The molecule has 0 bridgehead atoms. The Morgan fingerprint density at radius 2 is 1.45 bits per heavy atom. The van der Waals surface area contributed by atoms with Gasteiger partial charge in [-0.05, 0) is 85.7 Å². The Balaban J connectivity index is 1.43. The Kier molecular flexibility index (Phi) is 10.9. The normalized spacial score (nSPS) is 12.4. The van der Waals surface area contributed by atoms with Crippen LogP contribution in [0.1, 0.15) is 53.4 Å². The maximum absolute atomic E-state index is 13.4. The number of hydrogen-bond donors (Lipinski definition) is 3. The summed E-state index contributed by atoms with van der Waals surface area (Å²) in [5.41, 5.74) is 5.42. The van der Waals surface area contributed by atoms with E-state index in [1.165, 1.54) is 0 Å². The highest BCUT2D eigenvalue weighted by Crippen LogP contribution is 2.22. The smallest absolute Gasteiger partial charge is 0.407 e. The molecule has 0 spiro atoms. The van der Waals surface area contributed by atoms with Crippen LogP contribution in [0, 0.1) is 17.2 Å². The number of carbonyl (C=O) groups is 2. The first kappa shape index (κ1) is 32.0. The molecule has 7 heteroatoms. The third-order valence-corrected chi connectivity index (χ3v) is 7.24. The van der Waals surface area contributed by atoms with Crippen molar-refractivity contribution < 1.29 is 19.4 Å². The molecule has 7 nitrogen and oxygen atoms in total. The monoisotopic (exact) mass is 589 g/mol. The summed E-state index contributed by atoms with van der Waals surface area (Å²) >= 11 is 0. The van der Waals surface area contributed by atoms with Crippen LogP contribution < -0.4 is 10.6 Å². The second-order valence-electron chi connectivity index (χ2n) is 11.9. The Hall–Kier alpha value is -4.93. The van der Waals surface area contributed by atoms with E-state index < -0.39 is 11.7 Å². The molecule has 0 aliphatic carbocycles. The van der Waals surface area contributed by atoms with Crippen LogP contribution in [-0.2, 0) is 24.1 Å². The number of carbonyl (C=O) groups excluding carboxylic acids is 2. The van der Waals surface area contributed by atoms with Gasteiger partial charge in [-0.2, -0.15) is 5.26 Å². The number of ether oxygens (including phenoxy) is 1. The van der Waals surface area contributed by atoms with Crippen LogP contribution in [-0.4, -0.2) is 35.4 Å². The second kappa shape index (κ2) is 15.0. The SMILES string of the molecule is CC(C)(C)OC(=O)NCc1ccc(-c2ccc(C(=O)NC(Cc3ccccc3)C(CO)Cc3cccc(C#N)c3)cc2)cc1. The van der Waals surface area contributed by atoms with E-state index in [-0.39, 0.29) is 24.5 Å². The van der Waals surface area contributed by atoms with Gasteiger partial charge in [-0.25, -0.2) is 4.79 Å². The molecular weight excluding hydrogens is 550 g/mol. The Morgan fingerprint density at radius 3 is 2.07 bits per heavy atom. The van der Waals surface area contributed by atoms with Crippen molar-refractivity contribution in [3.8, 4) is 17.2 Å². The van der Waals surface area contributed by atoms with Crippen LogP contribution in [0.2, 0.25) is 0 Å². The molecule has 0 aliphatic rings. The third-order valence-electron chi connectivity index (χ3n) is 7.24. The van der Waals surface area contributed by atoms with Crippen molar-refractivity contribution in [3.05, 3.63) is 131 Å². The maximum atomic E-state index is 13.4. The van der Waals surface area contributed by atoms with Crippen molar-refractivity contribution >= 4 is 12.0 Å². The molecule has 0 fully saturated rings. The Labute approximate surface area is 259 Å². The summed E-state index contributed by atoms with van der Waals surface area (Å²) in [6.07, 6.45) is 0.620. The highest BCUT2D eigenvalue weighted by atomic mass is 16.6. The predicted molar refractivity (Wildman–Crippen MR) is 172 cm³/mol. The van der Waals surface area contributed by atoms with Crippen molar-refractivity contribution in [1.29, 1.82) is 5.26 Å². The van der Waals surface area contributed by atoms with Crippen LogP contribution in [0.4, 0.5) is 4.79 Å². The van der Waals surface area contributed by atoms with Gasteiger partial charge in [-0.15, -0.1) is 0 Å². The van der Waals surface area contributed by atoms with Gasteiger partial charge in [0.1, 0.15) is 5.60 Å². The summed E-state index contributed by atoms with van der Waals surface area (Å²) in [4.78, 5) is 25.4. The van der Waals surface area contributed by atoms with Gasteiger partial charge in [-0.1, -0.05) is 78.9 Å². The van der Waals surface area contributed by atoms with Gasteiger partial charge in [-0.3, -0.25) is 4.79 Å². The van der Waals surface area contributed by atoms with Crippen LogP contribution in [0.25, 0.3) is 11.1 Å². The molecule has 0 saturated heterocycles. The number of alkyl carbamates (subject to hydrolysis) is 1. The average molecular weight is 590 g/mol. The molecule has 0 radical (unpaired) electrons. The molecule has 4 aromatic carbocycles. The van der Waals surface area contributed by atoms with Crippen molar-refractivity contribution in [1.82, 2.24) is 10.6 Å². The molecule has 2 amide bonds. The molecule has 44 heavy (non-hydrogen) atoms. The summed E-state index contributed by atoms with van der Waals surface area (Å²) in [6.45, 7) is 5.71. The molecule has 0 aromatic heterocycles. The van der Waals surface area contributed by atoms with E-state index in [4.69, 9.17) is 4.74 Å². The van der Waals surface area contributed by atoms with E-state index in [1.807, 2.05) is 106 Å². The number of benzene rings is 4. The first-order chi connectivity index (χ1) is 21.1. The van der Waals surface area contributed by atoms with Crippen LogP contribution in [0.3, 0.4) is 0 Å². The van der Waals surface area contributed by atoms with Crippen molar-refractivity contribution in [2.45, 2.75) is 51.8 Å². The number of amides is 2. The van der Waals surface area contributed by atoms with E-state index in [1.54, 1.807) is 18.2 Å². The van der Waals surface area contributed by atoms with Gasteiger partial charge in [0, 0.05) is 30.7 Å². The summed E-state index contributed by atoms with van der Waals surface area (Å²) in [5, 5.41) is 25.6. The first-order valence-corrected chi connectivity index (χ1v) is 14.7. The molecule has 2 atom stereocenters. The molecule has 0 heterocycles. The van der Waals surface area contributed by atoms with E-state index in [0.717, 1.165) is 27.8 Å². The fourth-order valence-electron chi connectivity index (χ4n) is 4.98. The fourth-order valence-corrected chi connectivity index (χ4v) is 4.98. The molecule has 0 saturated carbocycles. The number of aliphatic hydroxyl groups excluding tert-OH is 1. The summed E-state index contributed by atoms with van der Waals surface area (Å²) < 4.78 is 5.29. The van der Waals surface area contributed by atoms with Crippen molar-refractivity contribution in [2.24, 2.45) is 5.92 Å². The lowest BCUT2D eigenvalue weighted by Gasteiger charge is -2.27. The number of rotatable bonds is 11. The number of aliphatic hydroxyl groups is 1. The number of nitriles is 1. The fraction of sp³-hybridized carbons (Fsp3) is 0.270. The minimum Gasteiger partial charge on any atom is -0.444 e. The lowest BCUT2D eigenvalue weighted by molar-refractivity contribution is 0.0523. The van der Waals surface area contributed by atoms with E-state index in [2.05, 4.69) is 16.7 Å². The van der Waals surface area contributed by atoms with Gasteiger partial charge >= 0.3 is 6.09 Å². The van der Waals surface area contributed by atoms with Crippen LogP contribution >= 0.6 is 0 Å². The van der Waals surface area contributed by atoms with Gasteiger partial charge in [0.05, 0.1) is 11.6 Å². The lowest BCUT2D eigenvalue weighted by Crippen LogP contribution is -2.44. The molecule has 4 aromatic rings. The van der Waals surface area contributed by atoms with E-state index in [0.29, 0.717) is 30.5 Å². The minimum atomic E-state index is -0.550. The van der Waals surface area contributed by atoms with Gasteiger partial charge in [0.2, 0.25) is 0 Å². The predicted octanol–water partition coefficient (Wildman–Crippen LogP) is 6.44. The van der Waals surface area contributed by atoms with Gasteiger partial charge in [0.15, 0.2) is 0 Å². The van der Waals surface area contributed by atoms with E-state index >= 15 is 0 Å². The molecule has 3 N–H and O–H groups in total. The molecule has 4 rings (SSSR count). The second-order valence-corrected chi connectivity index (χ2v) is 11.9. The van der Waals surface area contributed by atoms with Gasteiger partial charge < -0.3 is 20.5 Å². The molecule has 226 valence electrons. The zero-order chi connectivity index (χ0) is 31.5. The summed E-state index contributed by atoms with van der Waals surface area (Å²) in [7, 11) is 0. The maximum Gasteiger partial charge on any atom is 0.407 e. The number of nitrogens with one attached hydrogen (secondary N) is 2. The lowest BCUT2D eigenvalue weighted by atomic mass is 9.88. The van der Waals surface area contributed by atoms with Crippen LogP contribution in [0.15, 0.2) is 103 Å². The highest BCUT2D eigenvalue weighted by Gasteiger charge is 2.24. The number of hydrogen-bond acceptors (Lipinski definition) is 5. The topological polar surface area (TPSA) is 111 Å². The average Bonchev–Trinajstić information content (AvgIpc) is 3.02. The Bertz CT molecular complexity index is 1570. The first-order valence-electron chi connectivity index (χ1n) is 14.7. The van der Waals surface area contributed by atoms with E-state index in [9.17, 15) is 20.0 Å². The quantitative estimate of drug-likeness (QED) is 0.186. The molecule has 2 unspecified atom stereocenters. The Morgan fingerprint density at radius 1 is 0.818 bits per heavy atom. The summed E-state index contributed by atoms with van der Waals surface area (Å²) in [5.74, 6) is -0.471. The largest absolute Gasteiger partial charge is 0.444 e. The van der Waals surface area contributed by atoms with Crippen LogP contribution in [0.5, 0.6) is 0 Å². The minimum absolute atomic E-state index is 0.114. The molecule has 0 aliphatic heterocycles. The third kappa shape index (κ3) is 9.55.